The van der Waals surface area contributed by atoms with Gasteiger partial charge in [-0.25, -0.2) is 4.79 Å². The second-order valence-electron chi connectivity index (χ2n) is 4.51. The number of carbonyl (C=O) groups is 1. The van der Waals surface area contributed by atoms with Gasteiger partial charge in [-0.15, -0.1) is 0 Å². The van der Waals surface area contributed by atoms with Gasteiger partial charge in [-0.1, -0.05) is 29.3 Å². The van der Waals surface area contributed by atoms with E-state index < -0.39 is 16.8 Å². The number of hydrogen-bond donors (Lipinski definition) is 0. The number of para-hydroxylation sites is 1. The molecule has 0 aliphatic rings. The average molecular weight is 373 g/mol. The Kier molecular flexibility index (Phi) is 6.45. The highest BCUT2D eigenvalue weighted by Crippen LogP contribution is 2.32. The molecule has 0 aliphatic heterocycles. The number of ether oxygens (including phenoxy) is 2. The Morgan fingerprint density at radius 2 is 1.65 bits per heavy atom. The third-order valence-electron chi connectivity index (χ3n) is 2.90. The predicted molar refractivity (Wildman–Crippen MR) is 91.0 cm³/mol. The van der Waals surface area contributed by atoms with Crippen LogP contribution in [-0.2, 0) is 15.5 Å². The van der Waals surface area contributed by atoms with Crippen molar-refractivity contribution in [2.24, 2.45) is 0 Å². The molecule has 0 spiro atoms. The first-order valence-corrected chi connectivity index (χ1v) is 8.98. The summed E-state index contributed by atoms with van der Waals surface area (Å²) in [6.07, 6.45) is 1.57. The zero-order valence-electron chi connectivity index (χ0n) is 12.3. The molecule has 1 atom stereocenters. The molecule has 122 valence electrons. The Morgan fingerprint density at radius 3 is 2.22 bits per heavy atom. The molecule has 0 saturated carbocycles. The monoisotopic (exact) mass is 372 g/mol. The van der Waals surface area contributed by atoms with E-state index in [1.165, 1.54) is 0 Å². The first kappa shape index (κ1) is 17.8. The molecule has 7 heteroatoms. The minimum atomic E-state index is -1.08. The van der Waals surface area contributed by atoms with Crippen molar-refractivity contribution in [3.63, 3.8) is 0 Å². The molecule has 0 heterocycles. The normalized spacial score (nSPS) is 11.8. The summed E-state index contributed by atoms with van der Waals surface area (Å²) in [6, 6.07) is 11.4. The minimum Gasteiger partial charge on any atom is -0.487 e. The molecular formula is C16H14Cl2O4S. The summed E-state index contributed by atoms with van der Waals surface area (Å²) >= 11 is 11.9. The average Bonchev–Trinajstić information content (AvgIpc) is 2.53. The van der Waals surface area contributed by atoms with Crippen LogP contribution in [0, 0.1) is 0 Å². The lowest BCUT2D eigenvalue weighted by molar-refractivity contribution is 0.0450. The SMILES string of the molecule is CS(=O)c1ccc(C(=O)OCCOc2c(Cl)cccc2Cl)cc1. The molecule has 0 N–H and O–H groups in total. The third-order valence-corrected chi connectivity index (χ3v) is 4.44. The molecule has 2 aromatic carbocycles. The highest BCUT2D eigenvalue weighted by Gasteiger charge is 2.09. The van der Waals surface area contributed by atoms with Crippen molar-refractivity contribution in [2.45, 2.75) is 4.90 Å². The largest absolute Gasteiger partial charge is 0.487 e. The van der Waals surface area contributed by atoms with E-state index in [0.29, 0.717) is 26.3 Å². The molecular weight excluding hydrogens is 359 g/mol. The topological polar surface area (TPSA) is 52.6 Å². The van der Waals surface area contributed by atoms with E-state index in [9.17, 15) is 9.00 Å². The fraction of sp³-hybridized carbons (Fsp3) is 0.188. The minimum absolute atomic E-state index is 0.0574. The van der Waals surface area contributed by atoms with Gasteiger partial charge in [0.15, 0.2) is 5.75 Å². The Hall–Kier alpha value is -1.56. The number of rotatable bonds is 6. The summed E-state index contributed by atoms with van der Waals surface area (Å²) in [7, 11) is -1.08. The lowest BCUT2D eigenvalue weighted by Crippen LogP contribution is -2.12. The van der Waals surface area contributed by atoms with Crippen molar-refractivity contribution in [1.82, 2.24) is 0 Å². The predicted octanol–water partition coefficient (Wildman–Crippen LogP) is 3.97. The van der Waals surface area contributed by atoms with Crippen LogP contribution in [0.25, 0.3) is 0 Å². The maximum atomic E-state index is 11.9. The molecule has 2 aromatic rings. The Labute approximate surface area is 146 Å². The Bertz CT molecular complexity index is 696. The summed E-state index contributed by atoms with van der Waals surface area (Å²) in [5.41, 5.74) is 0.384. The Balaban J connectivity index is 1.84. The van der Waals surface area contributed by atoms with Crippen LogP contribution >= 0.6 is 23.2 Å². The van der Waals surface area contributed by atoms with Crippen LogP contribution in [0.15, 0.2) is 47.4 Å². The van der Waals surface area contributed by atoms with Gasteiger partial charge < -0.3 is 9.47 Å². The molecule has 0 amide bonds. The quantitative estimate of drug-likeness (QED) is 0.568. The van der Waals surface area contributed by atoms with Gasteiger partial charge in [-0.3, -0.25) is 4.21 Å². The van der Waals surface area contributed by atoms with Gasteiger partial charge in [-0.2, -0.15) is 0 Å². The lowest BCUT2D eigenvalue weighted by atomic mass is 10.2. The van der Waals surface area contributed by atoms with Gasteiger partial charge in [0.25, 0.3) is 0 Å². The van der Waals surface area contributed by atoms with Crippen LogP contribution in [0.1, 0.15) is 10.4 Å². The van der Waals surface area contributed by atoms with Crippen molar-refractivity contribution in [1.29, 1.82) is 0 Å². The van der Waals surface area contributed by atoms with Gasteiger partial charge >= 0.3 is 5.97 Å². The molecule has 0 fully saturated rings. The first-order valence-electron chi connectivity index (χ1n) is 6.66. The summed E-state index contributed by atoms with van der Waals surface area (Å²) in [4.78, 5) is 12.5. The molecule has 0 aromatic heterocycles. The van der Waals surface area contributed by atoms with E-state index in [1.807, 2.05) is 0 Å². The first-order chi connectivity index (χ1) is 11.0. The lowest BCUT2D eigenvalue weighted by Gasteiger charge is -2.10. The van der Waals surface area contributed by atoms with Crippen LogP contribution in [0.5, 0.6) is 5.75 Å². The van der Waals surface area contributed by atoms with Crippen LogP contribution in [0.3, 0.4) is 0 Å². The molecule has 4 nitrogen and oxygen atoms in total. The summed E-state index contributed by atoms with van der Waals surface area (Å²) in [6.45, 7) is 0.189. The van der Waals surface area contributed by atoms with Crippen LogP contribution < -0.4 is 4.74 Å². The van der Waals surface area contributed by atoms with Crippen molar-refractivity contribution in [3.05, 3.63) is 58.1 Å². The van der Waals surface area contributed by atoms with E-state index in [4.69, 9.17) is 32.7 Å². The number of esters is 1. The smallest absolute Gasteiger partial charge is 0.338 e. The van der Waals surface area contributed by atoms with Crippen molar-refractivity contribution in [2.75, 3.05) is 19.5 Å². The van der Waals surface area contributed by atoms with Crippen molar-refractivity contribution >= 4 is 40.0 Å². The molecule has 1 unspecified atom stereocenters. The number of benzene rings is 2. The molecule has 2 rings (SSSR count). The van der Waals surface area contributed by atoms with E-state index >= 15 is 0 Å². The highest BCUT2D eigenvalue weighted by molar-refractivity contribution is 7.84. The van der Waals surface area contributed by atoms with Crippen molar-refractivity contribution < 1.29 is 18.5 Å². The van der Waals surface area contributed by atoms with Gasteiger partial charge in [0, 0.05) is 22.0 Å². The van der Waals surface area contributed by atoms with Gasteiger partial charge in [-0.05, 0) is 36.4 Å². The van der Waals surface area contributed by atoms with E-state index in [-0.39, 0.29) is 13.2 Å². The van der Waals surface area contributed by atoms with E-state index in [0.717, 1.165) is 0 Å². The fourth-order valence-corrected chi connectivity index (χ4v) is 2.79. The maximum absolute atomic E-state index is 11.9. The molecule has 0 bridgehead atoms. The van der Waals surface area contributed by atoms with Gasteiger partial charge in [0.05, 0.1) is 15.6 Å². The van der Waals surface area contributed by atoms with Crippen LogP contribution in [-0.4, -0.2) is 29.6 Å². The summed E-state index contributed by atoms with van der Waals surface area (Å²) in [5.74, 6) is -0.117. The zero-order chi connectivity index (χ0) is 16.8. The molecule has 0 radical (unpaired) electrons. The summed E-state index contributed by atoms with van der Waals surface area (Å²) < 4.78 is 21.8. The maximum Gasteiger partial charge on any atom is 0.338 e. The standard InChI is InChI=1S/C16H14Cl2O4S/c1-23(20)12-7-5-11(6-8-12)16(19)22-10-9-21-15-13(17)3-2-4-14(15)18/h2-8H,9-10H2,1H3. The molecule has 0 saturated heterocycles. The molecule has 0 aliphatic carbocycles. The van der Waals surface area contributed by atoms with Gasteiger partial charge in [0.2, 0.25) is 0 Å². The van der Waals surface area contributed by atoms with Gasteiger partial charge in [0.1, 0.15) is 13.2 Å². The Morgan fingerprint density at radius 1 is 1.04 bits per heavy atom. The van der Waals surface area contributed by atoms with E-state index in [2.05, 4.69) is 0 Å². The third kappa shape index (κ3) is 4.96. The number of carbonyl (C=O) groups excluding carboxylic acids is 1. The fourth-order valence-electron chi connectivity index (χ4n) is 1.76. The van der Waals surface area contributed by atoms with Crippen LogP contribution in [0.4, 0.5) is 0 Å². The zero-order valence-corrected chi connectivity index (χ0v) is 14.6. The second kappa shape index (κ2) is 8.34. The number of halogens is 2. The summed E-state index contributed by atoms with van der Waals surface area (Å²) in [5, 5.41) is 0.791. The second-order valence-corrected chi connectivity index (χ2v) is 6.71. The van der Waals surface area contributed by atoms with E-state index in [1.54, 1.807) is 48.7 Å². The van der Waals surface area contributed by atoms with Crippen LogP contribution in [0.2, 0.25) is 10.0 Å². The number of hydrogen-bond acceptors (Lipinski definition) is 4. The highest BCUT2D eigenvalue weighted by atomic mass is 35.5. The van der Waals surface area contributed by atoms with Crippen molar-refractivity contribution in [3.8, 4) is 5.75 Å². The molecule has 23 heavy (non-hydrogen) atoms.